The zero-order valence-electron chi connectivity index (χ0n) is 11.0. The summed E-state index contributed by atoms with van der Waals surface area (Å²) in [6.45, 7) is 6.02. The van der Waals surface area contributed by atoms with Crippen LogP contribution in [0.3, 0.4) is 0 Å². The topological polar surface area (TPSA) is 20.3 Å². The van der Waals surface area contributed by atoms with Gasteiger partial charge in [-0.15, -0.1) is 0 Å². The van der Waals surface area contributed by atoms with Crippen molar-refractivity contribution in [2.75, 3.05) is 13.1 Å². The van der Waals surface area contributed by atoms with E-state index < -0.39 is 0 Å². The van der Waals surface area contributed by atoms with Gasteiger partial charge in [0.25, 0.3) is 5.91 Å². The summed E-state index contributed by atoms with van der Waals surface area (Å²) in [5, 5.41) is 0. The minimum Gasteiger partial charge on any atom is -0.337 e. The van der Waals surface area contributed by atoms with Crippen molar-refractivity contribution in [1.82, 2.24) is 4.90 Å². The average molecular weight is 310 g/mol. The maximum Gasteiger partial charge on any atom is 0.254 e. The molecule has 1 aromatic carbocycles. The summed E-state index contributed by atoms with van der Waals surface area (Å²) in [6.07, 6.45) is 1.99. The van der Waals surface area contributed by atoms with E-state index >= 15 is 0 Å². The van der Waals surface area contributed by atoms with Gasteiger partial charge in [-0.25, -0.2) is 0 Å². The Morgan fingerprint density at radius 3 is 2.83 bits per heavy atom. The van der Waals surface area contributed by atoms with Crippen LogP contribution in [-0.4, -0.2) is 28.7 Å². The first-order valence-electron chi connectivity index (χ1n) is 6.64. The lowest BCUT2D eigenvalue weighted by Crippen LogP contribution is -2.43. The number of likely N-dealkylation sites (tertiary alicyclic amines) is 1. The lowest BCUT2D eigenvalue weighted by Gasteiger charge is -2.34. The Kier molecular flexibility index (Phi) is 4.44. The minimum absolute atomic E-state index is 0.184. The van der Waals surface area contributed by atoms with Crippen LogP contribution in [0, 0.1) is 5.92 Å². The van der Waals surface area contributed by atoms with Gasteiger partial charge in [0, 0.05) is 23.5 Å². The van der Waals surface area contributed by atoms with Gasteiger partial charge in [0.1, 0.15) is 0 Å². The number of benzene rings is 1. The van der Waals surface area contributed by atoms with Crippen molar-refractivity contribution in [1.29, 1.82) is 0 Å². The minimum atomic E-state index is 0.184. The van der Waals surface area contributed by atoms with Crippen molar-refractivity contribution >= 4 is 21.8 Å². The summed E-state index contributed by atoms with van der Waals surface area (Å²) >= 11 is 3.68. The highest BCUT2D eigenvalue weighted by molar-refractivity contribution is 9.09. The summed E-state index contributed by atoms with van der Waals surface area (Å²) < 4.78 is 0. The van der Waals surface area contributed by atoms with E-state index in [1.165, 1.54) is 0 Å². The van der Waals surface area contributed by atoms with Crippen LogP contribution in [0.25, 0.3) is 0 Å². The molecule has 0 bridgehead atoms. The van der Waals surface area contributed by atoms with Gasteiger partial charge in [-0.2, -0.15) is 0 Å². The molecule has 18 heavy (non-hydrogen) atoms. The third-order valence-corrected chi connectivity index (χ3v) is 4.97. The van der Waals surface area contributed by atoms with E-state index in [0.717, 1.165) is 37.1 Å². The van der Waals surface area contributed by atoms with Crippen molar-refractivity contribution in [3.05, 3.63) is 35.4 Å². The van der Waals surface area contributed by atoms with Crippen LogP contribution in [0.4, 0.5) is 0 Å². The fraction of sp³-hybridized carbons (Fsp3) is 0.533. The van der Waals surface area contributed by atoms with Gasteiger partial charge >= 0.3 is 0 Å². The zero-order chi connectivity index (χ0) is 13.1. The van der Waals surface area contributed by atoms with Crippen LogP contribution in [0.2, 0.25) is 0 Å². The molecule has 1 saturated heterocycles. The van der Waals surface area contributed by atoms with Crippen LogP contribution >= 0.6 is 15.9 Å². The number of aryl methyl sites for hydroxylation is 1. The van der Waals surface area contributed by atoms with Crippen molar-refractivity contribution in [3.8, 4) is 0 Å². The predicted molar refractivity (Wildman–Crippen MR) is 78.2 cm³/mol. The number of amides is 1. The number of piperidine rings is 1. The molecule has 2 atom stereocenters. The number of hydrogen-bond acceptors (Lipinski definition) is 1. The molecule has 2 nitrogen and oxygen atoms in total. The summed E-state index contributed by atoms with van der Waals surface area (Å²) in [4.78, 5) is 14.9. The summed E-state index contributed by atoms with van der Waals surface area (Å²) in [5.41, 5.74) is 2.02. The number of rotatable bonds is 2. The summed E-state index contributed by atoms with van der Waals surface area (Å²) in [7, 11) is 0. The van der Waals surface area contributed by atoms with Gasteiger partial charge in [0.2, 0.25) is 0 Å². The fourth-order valence-corrected chi connectivity index (χ4v) is 3.03. The summed E-state index contributed by atoms with van der Waals surface area (Å²) in [6, 6.07) is 7.94. The Labute approximate surface area is 117 Å². The third-order valence-electron chi connectivity index (χ3n) is 3.78. The monoisotopic (exact) mass is 309 g/mol. The Balaban J connectivity index is 2.16. The molecule has 1 heterocycles. The normalized spacial score (nSPS) is 24.1. The molecule has 3 heteroatoms. The van der Waals surface area contributed by atoms with Crippen LogP contribution in [0.1, 0.15) is 36.2 Å². The van der Waals surface area contributed by atoms with Crippen LogP contribution in [0.5, 0.6) is 0 Å². The molecule has 2 unspecified atom stereocenters. The Morgan fingerprint density at radius 1 is 1.44 bits per heavy atom. The highest BCUT2D eigenvalue weighted by Gasteiger charge is 2.28. The molecular formula is C15H20BrNO. The molecule has 1 aliphatic heterocycles. The molecule has 0 spiro atoms. The van der Waals surface area contributed by atoms with Crippen molar-refractivity contribution in [2.45, 2.75) is 31.5 Å². The summed E-state index contributed by atoms with van der Waals surface area (Å²) in [5.74, 6) is 0.833. The largest absolute Gasteiger partial charge is 0.337 e. The Hall–Kier alpha value is -0.830. The number of halogens is 1. The maximum atomic E-state index is 12.5. The molecule has 1 amide bonds. The highest BCUT2D eigenvalue weighted by Crippen LogP contribution is 2.25. The van der Waals surface area contributed by atoms with Gasteiger partial charge in [0.15, 0.2) is 0 Å². The smallest absolute Gasteiger partial charge is 0.254 e. The lowest BCUT2D eigenvalue weighted by atomic mass is 9.97. The average Bonchev–Trinajstić information content (AvgIpc) is 2.41. The van der Waals surface area contributed by atoms with Crippen molar-refractivity contribution < 1.29 is 4.79 Å². The maximum absolute atomic E-state index is 12.5. The van der Waals surface area contributed by atoms with Crippen LogP contribution in [0.15, 0.2) is 24.3 Å². The SMILES string of the molecule is CCc1ccccc1C(=O)N1CCC(C)C(Br)C1. The molecular weight excluding hydrogens is 290 g/mol. The molecule has 1 aliphatic rings. The number of alkyl halides is 1. The van der Waals surface area contributed by atoms with E-state index in [1.807, 2.05) is 29.2 Å². The van der Waals surface area contributed by atoms with Gasteiger partial charge in [0.05, 0.1) is 0 Å². The lowest BCUT2D eigenvalue weighted by molar-refractivity contribution is 0.0705. The number of nitrogens with zero attached hydrogens (tertiary/aromatic N) is 1. The first kappa shape index (κ1) is 13.6. The van der Waals surface area contributed by atoms with E-state index in [2.05, 4.69) is 29.8 Å². The van der Waals surface area contributed by atoms with E-state index in [4.69, 9.17) is 0 Å². The van der Waals surface area contributed by atoms with E-state index in [9.17, 15) is 4.79 Å². The second-order valence-electron chi connectivity index (χ2n) is 5.04. The first-order valence-corrected chi connectivity index (χ1v) is 7.56. The molecule has 0 radical (unpaired) electrons. The number of carbonyl (C=O) groups excluding carboxylic acids is 1. The van der Waals surface area contributed by atoms with Crippen LogP contribution in [-0.2, 0) is 6.42 Å². The Morgan fingerprint density at radius 2 is 2.17 bits per heavy atom. The van der Waals surface area contributed by atoms with Crippen molar-refractivity contribution in [3.63, 3.8) is 0 Å². The Bertz CT molecular complexity index is 432. The van der Waals surface area contributed by atoms with E-state index in [1.54, 1.807) is 0 Å². The number of carbonyl (C=O) groups is 1. The number of hydrogen-bond donors (Lipinski definition) is 0. The molecule has 0 N–H and O–H groups in total. The van der Waals surface area contributed by atoms with Gasteiger partial charge < -0.3 is 4.90 Å². The molecule has 98 valence electrons. The van der Waals surface area contributed by atoms with Gasteiger partial charge in [-0.1, -0.05) is 48.0 Å². The van der Waals surface area contributed by atoms with Crippen molar-refractivity contribution in [2.24, 2.45) is 5.92 Å². The second-order valence-corrected chi connectivity index (χ2v) is 6.22. The molecule has 0 aromatic heterocycles. The molecule has 0 saturated carbocycles. The zero-order valence-corrected chi connectivity index (χ0v) is 12.6. The molecule has 0 aliphatic carbocycles. The third kappa shape index (κ3) is 2.77. The van der Waals surface area contributed by atoms with E-state index in [0.29, 0.717) is 10.7 Å². The second kappa shape index (κ2) is 5.87. The van der Waals surface area contributed by atoms with Crippen LogP contribution < -0.4 is 0 Å². The standard InChI is InChI=1S/C15H20BrNO/c1-3-12-6-4-5-7-13(12)15(18)17-9-8-11(2)14(16)10-17/h4-7,11,14H,3,8-10H2,1-2H3. The first-order chi connectivity index (χ1) is 8.63. The van der Waals surface area contributed by atoms with Gasteiger partial charge in [-0.05, 0) is 30.4 Å². The van der Waals surface area contributed by atoms with E-state index in [-0.39, 0.29) is 5.91 Å². The molecule has 1 fully saturated rings. The van der Waals surface area contributed by atoms with Gasteiger partial charge in [-0.3, -0.25) is 4.79 Å². The predicted octanol–water partition coefficient (Wildman–Crippen LogP) is 3.49. The quantitative estimate of drug-likeness (QED) is 0.766. The molecule has 2 rings (SSSR count). The molecule has 1 aromatic rings. The highest BCUT2D eigenvalue weighted by atomic mass is 79.9. The fourth-order valence-electron chi connectivity index (χ4n) is 2.41.